The lowest BCUT2D eigenvalue weighted by Crippen LogP contribution is -2.65. The van der Waals surface area contributed by atoms with Gasteiger partial charge in [0.15, 0.2) is 18.9 Å². The van der Waals surface area contributed by atoms with Gasteiger partial charge in [-0.2, -0.15) is 0 Å². The molecule has 12 N–H and O–H groups in total. The van der Waals surface area contributed by atoms with Crippen LogP contribution in [-0.2, 0) is 38.0 Å². The molecule has 3 saturated heterocycles. The molecule has 0 radical (unpaired) electrons. The zero-order chi connectivity index (χ0) is 46.5. The summed E-state index contributed by atoms with van der Waals surface area (Å²) in [5.74, 6) is -0.516. The Morgan fingerprint density at radius 1 is 0.812 bits per heavy atom. The summed E-state index contributed by atoms with van der Waals surface area (Å²) in [7, 11) is 0. The molecule has 20 heteroatoms. The van der Waals surface area contributed by atoms with Gasteiger partial charge in [0.2, 0.25) is 0 Å². The van der Waals surface area contributed by atoms with Crippen LogP contribution in [0, 0.1) is 28.1 Å². The minimum atomic E-state index is -1.87. The number of ether oxygens (including phenoxy) is 7. The summed E-state index contributed by atoms with van der Waals surface area (Å²) in [4.78, 5) is 14.0. The van der Waals surface area contributed by atoms with Crippen molar-refractivity contribution in [3.63, 3.8) is 0 Å². The van der Waals surface area contributed by atoms with Gasteiger partial charge in [0.1, 0.15) is 61.5 Å². The zero-order valence-electron chi connectivity index (χ0n) is 36.8. The van der Waals surface area contributed by atoms with Crippen molar-refractivity contribution in [3.8, 4) is 0 Å². The first kappa shape index (κ1) is 50.4. The van der Waals surface area contributed by atoms with Crippen LogP contribution < -0.4 is 0 Å². The van der Waals surface area contributed by atoms with Crippen molar-refractivity contribution in [1.29, 1.82) is 0 Å². The molecule has 0 unspecified atom stereocenters. The van der Waals surface area contributed by atoms with Crippen LogP contribution in [0.5, 0.6) is 0 Å². The van der Waals surface area contributed by atoms with Gasteiger partial charge < -0.3 is 94.4 Å². The summed E-state index contributed by atoms with van der Waals surface area (Å²) in [6.07, 6.45) is -17.3. The molecular weight excluding hydrogens is 848 g/mol. The van der Waals surface area contributed by atoms with E-state index in [-0.39, 0.29) is 48.5 Å². The van der Waals surface area contributed by atoms with E-state index in [2.05, 4.69) is 13.5 Å². The van der Waals surface area contributed by atoms with E-state index >= 15 is 0 Å². The average molecular weight is 921 g/mol. The quantitative estimate of drug-likeness (QED) is 0.0437. The molecular formula is C44H72O20. The molecule has 64 heavy (non-hydrogen) atoms. The molecule has 368 valence electrons. The third-order valence-corrected chi connectivity index (χ3v) is 16.2. The van der Waals surface area contributed by atoms with E-state index in [4.69, 9.17) is 38.3 Å². The van der Waals surface area contributed by atoms with Gasteiger partial charge in [-0.25, -0.2) is 0 Å². The highest BCUT2D eigenvalue weighted by Crippen LogP contribution is 2.73. The summed E-state index contributed by atoms with van der Waals surface area (Å²) < 4.78 is 43.4. The first-order valence-corrected chi connectivity index (χ1v) is 23.0. The predicted molar refractivity (Wildman–Crippen MR) is 217 cm³/mol. The second kappa shape index (κ2) is 19.8. The molecule has 0 aromatic heterocycles. The molecule has 0 aromatic carbocycles. The van der Waals surface area contributed by atoms with E-state index in [0.717, 1.165) is 24.8 Å². The Morgan fingerprint density at radius 2 is 1.52 bits per heavy atom. The fraction of sp³-hybridized carbons (Fsp3) is 0.932. The molecule has 4 aliphatic carbocycles. The Morgan fingerprint density at radius 3 is 2.20 bits per heavy atom. The number of hydrogen-bond acceptors (Lipinski definition) is 20. The van der Waals surface area contributed by atoms with E-state index < -0.39 is 142 Å². The van der Waals surface area contributed by atoms with Crippen molar-refractivity contribution in [1.82, 2.24) is 0 Å². The third kappa shape index (κ3) is 9.33. The topological polar surface area (TPSA) is 324 Å². The summed E-state index contributed by atoms with van der Waals surface area (Å²) in [5, 5.41) is 124. The summed E-state index contributed by atoms with van der Waals surface area (Å²) >= 11 is 0. The number of carbonyl (C=O) groups is 1. The summed E-state index contributed by atoms with van der Waals surface area (Å²) in [6, 6.07) is 0. The van der Waals surface area contributed by atoms with Gasteiger partial charge in [0, 0.05) is 19.4 Å². The van der Waals surface area contributed by atoms with Crippen LogP contribution in [0.1, 0.15) is 90.9 Å². The highest BCUT2D eigenvalue weighted by atomic mass is 16.8. The molecule has 0 aromatic rings. The Kier molecular flexibility index (Phi) is 15.6. The van der Waals surface area contributed by atoms with Gasteiger partial charge in [-0.1, -0.05) is 19.9 Å². The van der Waals surface area contributed by atoms with E-state index in [1.807, 2.05) is 6.92 Å². The normalized spacial score (nSPS) is 47.8. The van der Waals surface area contributed by atoms with Crippen LogP contribution in [0.3, 0.4) is 0 Å². The zero-order valence-corrected chi connectivity index (χ0v) is 36.8. The molecule has 2 bridgehead atoms. The number of aliphatic hydroxyl groups excluding tert-OH is 12. The fourth-order valence-electron chi connectivity index (χ4n) is 13.0. The Balaban J connectivity index is 1.13. The van der Waals surface area contributed by atoms with Crippen LogP contribution in [0.2, 0.25) is 0 Å². The lowest BCUT2D eigenvalue weighted by Gasteiger charge is -2.64. The van der Waals surface area contributed by atoms with Gasteiger partial charge in [0.25, 0.3) is 0 Å². The number of rotatable bonds is 16. The van der Waals surface area contributed by atoms with Crippen LogP contribution in [0.15, 0.2) is 12.2 Å². The second-order valence-corrected chi connectivity index (χ2v) is 20.3. The highest BCUT2D eigenvalue weighted by molar-refractivity contribution is 5.77. The molecule has 0 amide bonds. The molecule has 4 saturated carbocycles. The van der Waals surface area contributed by atoms with Gasteiger partial charge in [-0.3, -0.25) is 4.79 Å². The molecule has 3 aliphatic heterocycles. The Bertz CT molecular complexity index is 1610. The largest absolute Gasteiger partial charge is 0.462 e. The van der Waals surface area contributed by atoms with Crippen molar-refractivity contribution < 1.29 is 99.2 Å². The molecule has 1 spiro atoms. The smallest absolute Gasteiger partial charge is 0.312 e. The number of hydrogen-bond donors (Lipinski definition) is 12. The lowest BCUT2D eigenvalue weighted by molar-refractivity contribution is -0.387. The monoisotopic (exact) mass is 920 g/mol. The maximum absolute atomic E-state index is 14.0. The minimum Gasteiger partial charge on any atom is -0.462 e. The molecule has 7 rings (SSSR count). The van der Waals surface area contributed by atoms with Crippen LogP contribution >= 0.6 is 0 Å². The molecule has 3 heterocycles. The molecule has 20 nitrogen and oxygen atoms in total. The standard InChI is InChI=1S/C44H72O20/c1-21-15-43-10-5-29-41(2,8-4-9-42(29,3)40(57)59-19-27(52)32(54)31(53)26(51)17-47)30(43)6-11-44(21,20-43)64-39-36(63-37-25(50)13-22(48)18-58-37)35(34(56)28(61-39)7-12-45)62-38-33(55)24(49)14-23(16-46)60-38/h22-39,45-56H,1,4-20H2,2-3H3/t22-,23-,24-,25+,26+,27+,28+,29-,30-,31+,32+,33+,34+,35-,36+,37-,38-,39-,41+,42+,43+,44-/m0/s1. The van der Waals surface area contributed by atoms with Gasteiger partial charge in [0.05, 0.1) is 55.3 Å². The minimum absolute atomic E-state index is 0.0619. The number of esters is 1. The van der Waals surface area contributed by atoms with Crippen molar-refractivity contribution in [2.24, 2.45) is 28.1 Å². The van der Waals surface area contributed by atoms with E-state index in [1.54, 1.807) is 0 Å². The predicted octanol–water partition coefficient (Wildman–Crippen LogP) is -2.39. The van der Waals surface area contributed by atoms with Gasteiger partial charge in [-0.05, 0) is 93.0 Å². The van der Waals surface area contributed by atoms with Gasteiger partial charge in [-0.15, -0.1) is 0 Å². The van der Waals surface area contributed by atoms with E-state index in [9.17, 15) is 61.0 Å². The highest BCUT2D eigenvalue weighted by Gasteiger charge is 2.69. The Labute approximate surface area is 372 Å². The molecule has 7 fully saturated rings. The summed E-state index contributed by atoms with van der Waals surface area (Å²) in [6.45, 7) is 6.19. The average Bonchev–Trinajstić information content (AvgIpc) is 3.46. The Hall–Kier alpha value is -1.51. The van der Waals surface area contributed by atoms with Crippen molar-refractivity contribution in [2.75, 3.05) is 33.0 Å². The van der Waals surface area contributed by atoms with Crippen LogP contribution in [0.4, 0.5) is 0 Å². The maximum Gasteiger partial charge on any atom is 0.312 e. The van der Waals surface area contributed by atoms with Crippen molar-refractivity contribution >= 4 is 5.97 Å². The molecule has 7 aliphatic rings. The SMILES string of the molecule is C=C1C[C@@]23CC[C@H]4[C@@](C)(CCC[C@@]4(C)C(=O)OC[C@@H](O)[C@@H](O)[C@H](O)[C@H](O)CO)[C@@H]2CC[C@]1(O[C@@H]1O[C@H](CCO)[C@@H](O)[C@H](O[C@@H]2O[C@H](CO)C[C@H](O)[C@H]2O)[C@H]1O[C@@H]1OC[C@@H](O)C[C@H]1O)C3. The number of carbonyl (C=O) groups excluding carboxylic acids is 1. The van der Waals surface area contributed by atoms with E-state index in [1.165, 1.54) is 0 Å². The molecule has 22 atom stereocenters. The van der Waals surface area contributed by atoms with Gasteiger partial charge >= 0.3 is 5.97 Å². The van der Waals surface area contributed by atoms with Crippen LogP contribution in [-0.4, -0.2) is 204 Å². The van der Waals surface area contributed by atoms with Crippen molar-refractivity contribution in [3.05, 3.63) is 12.2 Å². The summed E-state index contributed by atoms with van der Waals surface area (Å²) in [5.41, 5.74) is -1.73. The number of fused-ring (bicyclic) bond motifs is 3. The number of aliphatic hydroxyl groups is 12. The fourth-order valence-corrected chi connectivity index (χ4v) is 13.0. The first-order chi connectivity index (χ1) is 30.3. The van der Waals surface area contributed by atoms with E-state index in [0.29, 0.717) is 38.5 Å². The maximum atomic E-state index is 14.0. The lowest BCUT2D eigenvalue weighted by atomic mass is 9.41. The second-order valence-electron chi connectivity index (χ2n) is 20.3. The first-order valence-electron chi connectivity index (χ1n) is 23.0. The third-order valence-electron chi connectivity index (χ3n) is 16.2. The van der Waals surface area contributed by atoms with Crippen molar-refractivity contribution in [2.45, 2.75) is 195 Å². The van der Waals surface area contributed by atoms with Crippen LogP contribution in [0.25, 0.3) is 0 Å².